The smallest absolute Gasteiger partial charge is 0.257 e. The third-order valence-electron chi connectivity index (χ3n) is 4.76. The van der Waals surface area contributed by atoms with Crippen LogP contribution in [0.1, 0.15) is 40.0 Å². The third kappa shape index (κ3) is 2.82. The van der Waals surface area contributed by atoms with Gasteiger partial charge < -0.3 is 4.90 Å². The largest absolute Gasteiger partial charge is 0.339 e. The summed E-state index contributed by atoms with van der Waals surface area (Å²) in [7, 11) is 0. The summed E-state index contributed by atoms with van der Waals surface area (Å²) in [5.74, 6) is 0.0585. The molecule has 1 amide bonds. The van der Waals surface area contributed by atoms with E-state index in [0.29, 0.717) is 11.1 Å². The van der Waals surface area contributed by atoms with Gasteiger partial charge in [-0.3, -0.25) is 9.59 Å². The van der Waals surface area contributed by atoms with Crippen LogP contribution in [0.2, 0.25) is 0 Å². The van der Waals surface area contributed by atoms with Gasteiger partial charge in [-0.1, -0.05) is 30.3 Å². The fourth-order valence-electron chi connectivity index (χ4n) is 3.39. The summed E-state index contributed by atoms with van der Waals surface area (Å²) in [6.45, 7) is 1.64. The normalized spacial score (nSPS) is 14.6. The van der Waals surface area contributed by atoms with Crippen molar-refractivity contribution in [2.24, 2.45) is 0 Å². The van der Waals surface area contributed by atoms with Crippen LogP contribution in [-0.2, 0) is 0 Å². The molecule has 1 aliphatic heterocycles. The molecule has 0 bridgehead atoms. The van der Waals surface area contributed by atoms with Crippen LogP contribution in [0.3, 0.4) is 0 Å². The number of hydrogen-bond donors (Lipinski definition) is 0. The Bertz CT molecular complexity index is 922. The highest BCUT2D eigenvalue weighted by Crippen LogP contribution is 2.24. The highest BCUT2D eigenvalue weighted by atomic mass is 16.2. The SMILES string of the molecule is O=Cc1ccc(-c2cccc3c(C(=O)N4CCCCC4)cnn23)cc1. The molecule has 3 aromatic rings. The molecule has 0 atom stereocenters. The maximum Gasteiger partial charge on any atom is 0.257 e. The molecule has 0 unspecified atom stereocenters. The number of carbonyl (C=O) groups excluding carboxylic acids is 2. The van der Waals surface area contributed by atoms with Crippen LogP contribution < -0.4 is 0 Å². The van der Waals surface area contributed by atoms with Crippen molar-refractivity contribution < 1.29 is 9.59 Å². The number of aromatic nitrogens is 2. The molecule has 126 valence electrons. The number of piperidine rings is 1. The first-order valence-electron chi connectivity index (χ1n) is 8.59. The Balaban J connectivity index is 1.74. The minimum absolute atomic E-state index is 0.0585. The van der Waals surface area contributed by atoms with Crippen LogP contribution in [0.5, 0.6) is 0 Å². The van der Waals surface area contributed by atoms with E-state index in [1.807, 2.05) is 35.2 Å². The maximum absolute atomic E-state index is 12.8. The molecule has 1 saturated heterocycles. The van der Waals surface area contributed by atoms with Gasteiger partial charge in [0.2, 0.25) is 0 Å². The Morgan fingerprint density at radius 1 is 1.00 bits per heavy atom. The predicted molar refractivity (Wildman–Crippen MR) is 95.8 cm³/mol. The number of aldehydes is 1. The molecule has 2 aromatic heterocycles. The first-order valence-corrected chi connectivity index (χ1v) is 8.59. The number of hydrogen-bond acceptors (Lipinski definition) is 3. The van der Waals surface area contributed by atoms with Crippen LogP contribution in [0, 0.1) is 0 Å². The summed E-state index contributed by atoms with van der Waals surface area (Å²) in [4.78, 5) is 25.6. The second kappa shape index (κ2) is 6.51. The van der Waals surface area contributed by atoms with Crippen LogP contribution in [-0.4, -0.2) is 39.8 Å². The van der Waals surface area contributed by atoms with Gasteiger partial charge in [0.15, 0.2) is 0 Å². The van der Waals surface area contributed by atoms with Gasteiger partial charge in [0.05, 0.1) is 23.0 Å². The lowest BCUT2D eigenvalue weighted by atomic mass is 10.1. The van der Waals surface area contributed by atoms with Gasteiger partial charge >= 0.3 is 0 Å². The Labute approximate surface area is 145 Å². The van der Waals surface area contributed by atoms with Crippen LogP contribution in [0.25, 0.3) is 16.8 Å². The van der Waals surface area contributed by atoms with Crippen molar-refractivity contribution in [3.05, 3.63) is 59.8 Å². The summed E-state index contributed by atoms with van der Waals surface area (Å²) in [5.41, 5.74) is 3.95. The van der Waals surface area contributed by atoms with E-state index in [1.54, 1.807) is 22.8 Å². The third-order valence-corrected chi connectivity index (χ3v) is 4.76. The topological polar surface area (TPSA) is 54.7 Å². The molecular formula is C20H19N3O2. The van der Waals surface area contributed by atoms with Crippen molar-refractivity contribution >= 4 is 17.7 Å². The molecule has 0 N–H and O–H groups in total. The molecule has 0 spiro atoms. The van der Waals surface area contributed by atoms with Crippen molar-refractivity contribution in [2.45, 2.75) is 19.3 Å². The number of benzene rings is 1. The summed E-state index contributed by atoms with van der Waals surface area (Å²) < 4.78 is 1.80. The molecule has 25 heavy (non-hydrogen) atoms. The number of fused-ring (bicyclic) bond motifs is 1. The monoisotopic (exact) mass is 333 g/mol. The molecule has 1 fully saturated rings. The Hall–Kier alpha value is -2.95. The van der Waals surface area contributed by atoms with E-state index >= 15 is 0 Å². The Morgan fingerprint density at radius 3 is 2.48 bits per heavy atom. The standard InChI is InChI=1S/C20H19N3O2/c24-14-15-7-9-16(10-8-15)18-5-4-6-19-17(13-21-23(18)19)20(25)22-11-2-1-3-12-22/h4-10,13-14H,1-3,11-12H2. The molecule has 5 heteroatoms. The average Bonchev–Trinajstić information content (AvgIpc) is 3.12. The summed E-state index contributed by atoms with van der Waals surface area (Å²) in [6.07, 6.45) is 5.82. The van der Waals surface area contributed by atoms with Gasteiger partial charge in [-0.25, -0.2) is 4.52 Å². The fourth-order valence-corrected chi connectivity index (χ4v) is 3.39. The number of nitrogens with zero attached hydrogens (tertiary/aromatic N) is 3. The van der Waals surface area contributed by atoms with Crippen molar-refractivity contribution in [2.75, 3.05) is 13.1 Å². The minimum Gasteiger partial charge on any atom is -0.339 e. The summed E-state index contributed by atoms with van der Waals surface area (Å²) in [6, 6.07) is 13.2. The predicted octanol–water partition coefficient (Wildman–Crippen LogP) is 3.44. The van der Waals surface area contributed by atoms with E-state index in [0.717, 1.165) is 49.0 Å². The lowest BCUT2D eigenvalue weighted by molar-refractivity contribution is 0.0726. The second-order valence-corrected chi connectivity index (χ2v) is 6.36. The fraction of sp³-hybridized carbons (Fsp3) is 0.250. The van der Waals surface area contributed by atoms with E-state index in [9.17, 15) is 9.59 Å². The van der Waals surface area contributed by atoms with Crippen LogP contribution in [0.4, 0.5) is 0 Å². The summed E-state index contributed by atoms with van der Waals surface area (Å²) >= 11 is 0. The lowest BCUT2D eigenvalue weighted by Crippen LogP contribution is -2.35. The minimum atomic E-state index is 0.0585. The van der Waals surface area contributed by atoms with Gasteiger partial charge in [0.1, 0.15) is 6.29 Å². The Morgan fingerprint density at radius 2 is 1.76 bits per heavy atom. The van der Waals surface area contributed by atoms with E-state index in [4.69, 9.17) is 0 Å². The number of rotatable bonds is 3. The van der Waals surface area contributed by atoms with Crippen molar-refractivity contribution in [3.63, 3.8) is 0 Å². The van der Waals surface area contributed by atoms with Gasteiger partial charge in [-0.15, -0.1) is 0 Å². The molecule has 3 heterocycles. The quantitative estimate of drug-likeness (QED) is 0.690. The first kappa shape index (κ1) is 15.6. The number of carbonyl (C=O) groups is 2. The van der Waals surface area contributed by atoms with Crippen LogP contribution in [0.15, 0.2) is 48.7 Å². The van der Waals surface area contributed by atoms with Crippen molar-refractivity contribution in [3.8, 4) is 11.3 Å². The second-order valence-electron chi connectivity index (χ2n) is 6.36. The number of likely N-dealkylation sites (tertiary alicyclic amines) is 1. The number of amides is 1. The molecule has 0 saturated carbocycles. The van der Waals surface area contributed by atoms with Crippen molar-refractivity contribution in [1.82, 2.24) is 14.5 Å². The number of pyridine rings is 1. The molecule has 0 aliphatic carbocycles. The Kier molecular flexibility index (Phi) is 4.06. The lowest BCUT2D eigenvalue weighted by Gasteiger charge is -2.26. The average molecular weight is 333 g/mol. The van der Waals surface area contributed by atoms with Gasteiger partial charge in [0, 0.05) is 24.2 Å². The van der Waals surface area contributed by atoms with E-state index in [1.165, 1.54) is 6.42 Å². The van der Waals surface area contributed by atoms with Gasteiger partial charge in [-0.2, -0.15) is 5.10 Å². The molecule has 1 aliphatic rings. The van der Waals surface area contributed by atoms with E-state index in [2.05, 4.69) is 5.10 Å². The molecule has 1 aromatic carbocycles. The van der Waals surface area contributed by atoms with Crippen LogP contribution >= 0.6 is 0 Å². The molecule has 5 nitrogen and oxygen atoms in total. The zero-order valence-corrected chi connectivity index (χ0v) is 13.9. The molecule has 4 rings (SSSR count). The highest BCUT2D eigenvalue weighted by Gasteiger charge is 2.22. The first-order chi connectivity index (χ1) is 12.3. The zero-order chi connectivity index (χ0) is 17.2. The maximum atomic E-state index is 12.8. The molecular weight excluding hydrogens is 314 g/mol. The van der Waals surface area contributed by atoms with E-state index in [-0.39, 0.29) is 5.91 Å². The zero-order valence-electron chi connectivity index (χ0n) is 13.9. The summed E-state index contributed by atoms with van der Waals surface area (Å²) in [5, 5.41) is 4.45. The van der Waals surface area contributed by atoms with Gasteiger partial charge in [0.25, 0.3) is 5.91 Å². The highest BCUT2D eigenvalue weighted by molar-refractivity contribution is 6.01. The molecule has 0 radical (unpaired) electrons. The van der Waals surface area contributed by atoms with Gasteiger partial charge in [-0.05, 0) is 31.4 Å². The van der Waals surface area contributed by atoms with E-state index < -0.39 is 0 Å². The van der Waals surface area contributed by atoms with Crippen molar-refractivity contribution in [1.29, 1.82) is 0 Å².